The molecule has 1 heterocycles. The fraction of sp³-hybridized carbons (Fsp3) is 0.656. The maximum atomic E-state index is 14.3. The maximum Gasteiger partial charge on any atom is 0.238 e. The van der Waals surface area contributed by atoms with Gasteiger partial charge in [0, 0.05) is 29.6 Å². The number of carbonyl (C=O) groups excluding carboxylic acids is 3. The maximum absolute atomic E-state index is 14.3. The molecule has 38 heavy (non-hydrogen) atoms. The van der Waals surface area contributed by atoms with Crippen molar-refractivity contribution in [2.75, 3.05) is 0 Å². The first-order chi connectivity index (χ1) is 17.9. The Labute approximate surface area is 225 Å². The van der Waals surface area contributed by atoms with Gasteiger partial charge in [0.25, 0.3) is 0 Å². The van der Waals surface area contributed by atoms with Gasteiger partial charge < -0.3 is 0 Å². The van der Waals surface area contributed by atoms with Crippen molar-refractivity contribution in [1.29, 1.82) is 5.26 Å². The monoisotopic (exact) mass is 513 g/mol. The third-order valence-electron chi connectivity index (χ3n) is 11.9. The van der Waals surface area contributed by atoms with Gasteiger partial charge in [0.15, 0.2) is 11.6 Å². The molecule has 0 N–H and O–H groups in total. The van der Waals surface area contributed by atoms with Crippen LogP contribution in [0.15, 0.2) is 42.0 Å². The highest BCUT2D eigenvalue weighted by Crippen LogP contribution is 2.69. The van der Waals surface area contributed by atoms with E-state index < -0.39 is 10.8 Å². The normalized spacial score (nSPS) is 43.4. The van der Waals surface area contributed by atoms with Gasteiger partial charge in [0.2, 0.25) is 5.91 Å². The second-order valence-electron chi connectivity index (χ2n) is 14.2. The van der Waals surface area contributed by atoms with E-state index >= 15 is 0 Å². The molecule has 3 saturated carbocycles. The summed E-state index contributed by atoms with van der Waals surface area (Å²) < 4.78 is 1.64. The number of aromatic nitrogens is 2. The number of carbonyl (C=O) groups is 3. The number of hydrogen-bond donors (Lipinski definition) is 0. The Morgan fingerprint density at radius 2 is 1.79 bits per heavy atom. The topological polar surface area (TPSA) is 92.8 Å². The number of fused-ring (bicyclic) bond motifs is 7. The van der Waals surface area contributed by atoms with Gasteiger partial charge in [-0.1, -0.05) is 46.3 Å². The molecule has 0 amide bonds. The van der Waals surface area contributed by atoms with Crippen LogP contribution in [0.1, 0.15) is 84.4 Å². The molecule has 0 aromatic carbocycles. The van der Waals surface area contributed by atoms with Crippen LogP contribution in [0, 0.1) is 62.6 Å². The van der Waals surface area contributed by atoms with Gasteiger partial charge in [0.05, 0.1) is 11.0 Å². The van der Waals surface area contributed by atoms with Crippen LogP contribution >= 0.6 is 0 Å². The number of imidazole rings is 1. The van der Waals surface area contributed by atoms with Gasteiger partial charge in [-0.15, -0.1) is 0 Å². The SMILES string of the molecule is CC1C(=O)C(C#N)=CC2(C)C3=CC(=O)C4C(CCC5(C(=O)n6ccnc6)CCC(C)(C)CC45)C3(C)CCC12. The molecule has 200 valence electrons. The Morgan fingerprint density at radius 3 is 2.47 bits per heavy atom. The predicted molar refractivity (Wildman–Crippen MR) is 143 cm³/mol. The number of Topliss-reactive ketones (excluding diaryl/α,β-unsaturated/α-hetero) is 1. The molecule has 0 bridgehead atoms. The first-order valence-corrected chi connectivity index (χ1v) is 14.3. The molecule has 6 rings (SSSR count). The lowest BCUT2D eigenvalue weighted by Crippen LogP contribution is -2.61. The fourth-order valence-electron chi connectivity index (χ4n) is 9.90. The van der Waals surface area contributed by atoms with E-state index in [4.69, 9.17) is 0 Å². The lowest BCUT2D eigenvalue weighted by atomic mass is 9.39. The molecule has 6 heteroatoms. The van der Waals surface area contributed by atoms with Gasteiger partial charge in [-0.2, -0.15) is 5.26 Å². The van der Waals surface area contributed by atoms with E-state index in [1.54, 1.807) is 23.3 Å². The first-order valence-electron chi connectivity index (χ1n) is 14.3. The summed E-state index contributed by atoms with van der Waals surface area (Å²) in [6, 6.07) is 2.15. The lowest BCUT2D eigenvalue weighted by molar-refractivity contribution is -0.141. The first kappa shape index (κ1) is 25.5. The number of nitriles is 1. The van der Waals surface area contributed by atoms with Crippen molar-refractivity contribution in [1.82, 2.24) is 9.55 Å². The van der Waals surface area contributed by atoms with Crippen molar-refractivity contribution < 1.29 is 14.4 Å². The Morgan fingerprint density at radius 1 is 1.05 bits per heavy atom. The van der Waals surface area contributed by atoms with Crippen LogP contribution in [0.4, 0.5) is 0 Å². The largest absolute Gasteiger partial charge is 0.295 e. The van der Waals surface area contributed by atoms with Crippen molar-refractivity contribution in [3.8, 4) is 6.07 Å². The van der Waals surface area contributed by atoms with Gasteiger partial charge in [0.1, 0.15) is 12.4 Å². The summed E-state index contributed by atoms with van der Waals surface area (Å²) in [6.07, 6.45) is 14.9. The molecule has 8 unspecified atom stereocenters. The van der Waals surface area contributed by atoms with E-state index in [0.717, 1.165) is 50.5 Å². The number of allylic oxidation sites excluding steroid dienone is 4. The average Bonchev–Trinajstić information content (AvgIpc) is 3.41. The second kappa shape index (κ2) is 8.10. The van der Waals surface area contributed by atoms with Crippen LogP contribution in [0.25, 0.3) is 0 Å². The third-order valence-corrected chi connectivity index (χ3v) is 11.9. The average molecular weight is 514 g/mol. The molecule has 0 radical (unpaired) electrons. The standard InChI is InChI=1S/C32H39N3O3/c1-19-21-6-8-30(4)22-7-9-32(28(38)35-13-12-34-18-35)11-10-29(2,3)16-23(32)26(22)24(36)14-25(30)31(21,5)15-20(17-33)27(19)37/h12-15,18-19,21-23,26H,6-11,16H2,1-5H3. The molecular formula is C32H39N3O3. The molecule has 5 aliphatic rings. The summed E-state index contributed by atoms with van der Waals surface area (Å²) in [7, 11) is 0. The molecule has 0 aliphatic heterocycles. The van der Waals surface area contributed by atoms with Gasteiger partial charge in [-0.25, -0.2) is 4.98 Å². The smallest absolute Gasteiger partial charge is 0.238 e. The minimum Gasteiger partial charge on any atom is -0.295 e. The molecular weight excluding hydrogens is 474 g/mol. The zero-order chi connectivity index (χ0) is 27.3. The lowest BCUT2D eigenvalue weighted by Gasteiger charge is -2.64. The Balaban J connectivity index is 1.48. The minimum atomic E-state index is -0.546. The van der Waals surface area contributed by atoms with Gasteiger partial charge >= 0.3 is 0 Å². The fourth-order valence-corrected chi connectivity index (χ4v) is 9.90. The van der Waals surface area contributed by atoms with Crippen molar-refractivity contribution >= 4 is 17.5 Å². The zero-order valence-electron chi connectivity index (χ0n) is 23.3. The molecule has 1 aromatic heterocycles. The molecule has 6 nitrogen and oxygen atoms in total. The van der Waals surface area contributed by atoms with E-state index in [1.807, 2.05) is 19.1 Å². The predicted octanol–water partition coefficient (Wildman–Crippen LogP) is 5.96. The Kier molecular flexibility index (Phi) is 5.43. The summed E-state index contributed by atoms with van der Waals surface area (Å²) in [6.45, 7) is 11.0. The number of rotatable bonds is 1. The zero-order valence-corrected chi connectivity index (χ0v) is 23.3. The summed E-state index contributed by atoms with van der Waals surface area (Å²) in [4.78, 5) is 45.4. The summed E-state index contributed by atoms with van der Waals surface area (Å²) in [5.41, 5.74) is 0.187. The van der Waals surface area contributed by atoms with Crippen LogP contribution in [0.2, 0.25) is 0 Å². The molecule has 1 aromatic rings. The minimum absolute atomic E-state index is 0.00961. The molecule has 0 saturated heterocycles. The Bertz CT molecular complexity index is 1330. The summed E-state index contributed by atoms with van der Waals surface area (Å²) in [5, 5.41) is 9.76. The number of hydrogen-bond acceptors (Lipinski definition) is 5. The summed E-state index contributed by atoms with van der Waals surface area (Å²) in [5.74, 6) is -0.00826. The van der Waals surface area contributed by atoms with Crippen LogP contribution in [-0.2, 0) is 9.59 Å². The van der Waals surface area contributed by atoms with E-state index in [1.165, 1.54) is 0 Å². The van der Waals surface area contributed by atoms with Crippen LogP contribution in [0.5, 0.6) is 0 Å². The van der Waals surface area contributed by atoms with E-state index in [9.17, 15) is 19.6 Å². The summed E-state index contributed by atoms with van der Waals surface area (Å²) >= 11 is 0. The van der Waals surface area contributed by atoms with Crippen molar-refractivity contribution in [3.05, 3.63) is 42.0 Å². The number of nitrogens with zero attached hydrogens (tertiary/aromatic N) is 3. The van der Waals surface area contributed by atoms with Gasteiger partial charge in [-0.3, -0.25) is 19.0 Å². The Hall–Kier alpha value is -2.81. The number of ketones is 2. The highest BCUT2D eigenvalue weighted by Gasteiger charge is 2.66. The van der Waals surface area contributed by atoms with Crippen LogP contribution in [-0.4, -0.2) is 27.0 Å². The van der Waals surface area contributed by atoms with Crippen molar-refractivity contribution in [3.63, 3.8) is 0 Å². The molecule has 3 fully saturated rings. The quantitative estimate of drug-likeness (QED) is 0.462. The second-order valence-corrected chi connectivity index (χ2v) is 14.2. The van der Waals surface area contributed by atoms with Crippen LogP contribution < -0.4 is 0 Å². The molecule has 0 spiro atoms. The third kappa shape index (κ3) is 3.23. The van der Waals surface area contributed by atoms with E-state index in [0.29, 0.717) is 0 Å². The highest BCUT2D eigenvalue weighted by atomic mass is 16.2. The van der Waals surface area contributed by atoms with Crippen molar-refractivity contribution in [2.24, 2.45) is 51.2 Å². The van der Waals surface area contributed by atoms with E-state index in [2.05, 4.69) is 38.7 Å². The highest BCUT2D eigenvalue weighted by molar-refractivity contribution is 6.02. The van der Waals surface area contributed by atoms with Crippen molar-refractivity contribution in [2.45, 2.75) is 79.6 Å². The van der Waals surface area contributed by atoms with Gasteiger partial charge in [-0.05, 0) is 79.6 Å². The molecule has 5 aliphatic carbocycles. The van der Waals surface area contributed by atoms with Crippen LogP contribution in [0.3, 0.4) is 0 Å². The van der Waals surface area contributed by atoms with E-state index in [-0.39, 0.29) is 63.5 Å². The molecule has 8 atom stereocenters.